The van der Waals surface area contributed by atoms with Crippen LogP contribution in [0, 0.1) is 12.7 Å². The molecule has 0 spiro atoms. The fourth-order valence-electron chi connectivity index (χ4n) is 2.13. The van der Waals surface area contributed by atoms with Crippen molar-refractivity contribution in [2.45, 2.75) is 6.92 Å². The van der Waals surface area contributed by atoms with Gasteiger partial charge in [0.2, 0.25) is 5.89 Å². The number of carbonyl (C=O) groups excluding carboxylic acids is 1. The Balaban J connectivity index is 1.83. The molecule has 0 aliphatic carbocycles. The number of amides is 1. The van der Waals surface area contributed by atoms with Gasteiger partial charge >= 0.3 is 11.8 Å². The number of nitrogens with zero attached hydrogens (tertiary/aromatic N) is 2. The first kappa shape index (κ1) is 16.9. The zero-order chi connectivity index (χ0) is 18.0. The summed E-state index contributed by atoms with van der Waals surface area (Å²) in [5.41, 5.74) is 1.71. The lowest BCUT2D eigenvalue weighted by Gasteiger charge is -2.11. The second-order valence-electron chi connectivity index (χ2n) is 5.18. The number of aromatic nitrogens is 2. The van der Waals surface area contributed by atoms with Gasteiger partial charge in [-0.1, -0.05) is 11.6 Å². The Morgan fingerprint density at radius 1 is 1.24 bits per heavy atom. The Labute approximate surface area is 147 Å². The van der Waals surface area contributed by atoms with Gasteiger partial charge < -0.3 is 14.5 Å². The first-order valence-electron chi connectivity index (χ1n) is 7.23. The van der Waals surface area contributed by atoms with Gasteiger partial charge in [0.15, 0.2) is 0 Å². The van der Waals surface area contributed by atoms with Crippen LogP contribution in [0.3, 0.4) is 0 Å². The molecule has 0 aliphatic rings. The minimum absolute atomic E-state index is 0.115. The Morgan fingerprint density at radius 3 is 2.64 bits per heavy atom. The van der Waals surface area contributed by atoms with E-state index in [2.05, 4.69) is 15.5 Å². The van der Waals surface area contributed by atoms with Gasteiger partial charge in [0, 0.05) is 16.7 Å². The maximum Gasteiger partial charge on any atom is 0.313 e. The second-order valence-corrected chi connectivity index (χ2v) is 5.58. The van der Waals surface area contributed by atoms with Crippen molar-refractivity contribution in [2.24, 2.45) is 0 Å². The molecule has 0 fully saturated rings. The van der Waals surface area contributed by atoms with Crippen molar-refractivity contribution in [1.29, 1.82) is 0 Å². The maximum absolute atomic E-state index is 13.0. The molecule has 0 radical (unpaired) electrons. The van der Waals surface area contributed by atoms with Gasteiger partial charge in [-0.3, -0.25) is 4.79 Å². The summed E-state index contributed by atoms with van der Waals surface area (Å²) in [5.74, 6) is -0.687. The fourth-order valence-corrected chi connectivity index (χ4v) is 2.28. The minimum Gasteiger partial charge on any atom is -0.495 e. The SMILES string of the molecule is COc1cc(Cl)c(C)cc1NC(=O)c1nnc(-c2ccc(F)cc2)o1. The number of hydrogen-bond acceptors (Lipinski definition) is 5. The van der Waals surface area contributed by atoms with Crippen molar-refractivity contribution in [3.05, 3.63) is 58.7 Å². The summed E-state index contributed by atoms with van der Waals surface area (Å²) in [5, 5.41) is 10.7. The van der Waals surface area contributed by atoms with E-state index < -0.39 is 5.91 Å². The molecule has 0 bridgehead atoms. The molecular formula is C17H13ClFN3O3. The van der Waals surface area contributed by atoms with E-state index in [1.165, 1.54) is 31.4 Å². The molecule has 0 saturated carbocycles. The topological polar surface area (TPSA) is 77.2 Å². The molecule has 0 atom stereocenters. The van der Waals surface area contributed by atoms with Gasteiger partial charge in [0.25, 0.3) is 0 Å². The van der Waals surface area contributed by atoms with Crippen LogP contribution in [0.4, 0.5) is 10.1 Å². The van der Waals surface area contributed by atoms with E-state index in [-0.39, 0.29) is 17.6 Å². The summed E-state index contributed by atoms with van der Waals surface area (Å²) < 4.78 is 23.5. The molecule has 6 nitrogen and oxygen atoms in total. The average Bonchev–Trinajstić information content (AvgIpc) is 3.08. The van der Waals surface area contributed by atoms with E-state index in [4.69, 9.17) is 20.8 Å². The number of nitrogens with one attached hydrogen (secondary N) is 1. The highest BCUT2D eigenvalue weighted by Crippen LogP contribution is 2.31. The van der Waals surface area contributed by atoms with Crippen LogP contribution in [0.5, 0.6) is 5.75 Å². The van der Waals surface area contributed by atoms with Gasteiger partial charge in [0.1, 0.15) is 11.6 Å². The zero-order valence-electron chi connectivity index (χ0n) is 13.3. The monoisotopic (exact) mass is 361 g/mol. The number of anilines is 1. The number of ether oxygens (including phenoxy) is 1. The average molecular weight is 362 g/mol. The van der Waals surface area contributed by atoms with E-state index in [1.54, 1.807) is 19.1 Å². The van der Waals surface area contributed by atoms with E-state index in [1.807, 2.05) is 0 Å². The standard InChI is InChI=1S/C17H13ClFN3O3/c1-9-7-13(14(24-2)8-12(9)18)20-15(23)17-22-21-16(25-17)10-3-5-11(19)6-4-10/h3-8H,1-2H3,(H,20,23). The number of halogens is 2. The summed E-state index contributed by atoms with van der Waals surface area (Å²) in [4.78, 5) is 12.3. The zero-order valence-corrected chi connectivity index (χ0v) is 14.1. The molecule has 3 aromatic rings. The number of carbonyl (C=O) groups is 1. The Bertz CT molecular complexity index is 925. The predicted octanol–water partition coefficient (Wildman–Crippen LogP) is 4.10. The highest BCUT2D eigenvalue weighted by atomic mass is 35.5. The summed E-state index contributed by atoms with van der Waals surface area (Å²) >= 11 is 6.04. The van der Waals surface area contributed by atoms with Crippen molar-refractivity contribution in [1.82, 2.24) is 10.2 Å². The molecule has 0 saturated heterocycles. The van der Waals surface area contributed by atoms with Crippen LogP contribution in [-0.2, 0) is 0 Å². The smallest absolute Gasteiger partial charge is 0.313 e. The van der Waals surface area contributed by atoms with Crippen molar-refractivity contribution in [2.75, 3.05) is 12.4 Å². The number of hydrogen-bond donors (Lipinski definition) is 1. The summed E-state index contributed by atoms with van der Waals surface area (Å²) in [6.07, 6.45) is 0. The van der Waals surface area contributed by atoms with Crippen molar-refractivity contribution in [3.8, 4) is 17.2 Å². The van der Waals surface area contributed by atoms with Crippen LogP contribution < -0.4 is 10.1 Å². The number of methoxy groups -OCH3 is 1. The Hall–Kier alpha value is -2.93. The van der Waals surface area contributed by atoms with Gasteiger partial charge in [-0.25, -0.2) is 4.39 Å². The molecule has 1 heterocycles. The molecule has 128 valence electrons. The Kier molecular flexibility index (Phi) is 4.67. The molecule has 2 aromatic carbocycles. The van der Waals surface area contributed by atoms with Gasteiger partial charge in [-0.05, 0) is 42.8 Å². The van der Waals surface area contributed by atoms with Gasteiger partial charge in [-0.15, -0.1) is 10.2 Å². The van der Waals surface area contributed by atoms with Crippen LogP contribution in [0.15, 0.2) is 40.8 Å². The quantitative estimate of drug-likeness (QED) is 0.757. The first-order valence-corrected chi connectivity index (χ1v) is 7.60. The van der Waals surface area contributed by atoms with Gasteiger partial charge in [0.05, 0.1) is 12.8 Å². The lowest BCUT2D eigenvalue weighted by Crippen LogP contribution is -2.13. The Morgan fingerprint density at radius 2 is 1.96 bits per heavy atom. The van der Waals surface area contributed by atoms with Crippen LogP contribution >= 0.6 is 11.6 Å². The predicted molar refractivity (Wildman–Crippen MR) is 90.4 cm³/mol. The largest absolute Gasteiger partial charge is 0.495 e. The molecule has 1 aromatic heterocycles. The lowest BCUT2D eigenvalue weighted by molar-refractivity contribution is 0.0990. The van der Waals surface area contributed by atoms with E-state index in [0.29, 0.717) is 22.0 Å². The fraction of sp³-hybridized carbons (Fsp3) is 0.118. The number of benzene rings is 2. The van der Waals surface area contributed by atoms with Crippen LogP contribution in [0.25, 0.3) is 11.5 Å². The normalized spacial score (nSPS) is 10.6. The van der Waals surface area contributed by atoms with Crippen molar-refractivity contribution >= 4 is 23.2 Å². The molecule has 8 heteroatoms. The van der Waals surface area contributed by atoms with E-state index in [9.17, 15) is 9.18 Å². The van der Waals surface area contributed by atoms with Crippen LogP contribution in [0.1, 0.15) is 16.2 Å². The molecular weight excluding hydrogens is 349 g/mol. The number of aryl methyl sites for hydroxylation is 1. The molecule has 3 rings (SSSR count). The summed E-state index contributed by atoms with van der Waals surface area (Å²) in [6, 6.07) is 8.77. The van der Waals surface area contributed by atoms with Crippen molar-refractivity contribution in [3.63, 3.8) is 0 Å². The molecule has 1 N–H and O–H groups in total. The van der Waals surface area contributed by atoms with Crippen molar-refractivity contribution < 1.29 is 18.3 Å². The van der Waals surface area contributed by atoms with E-state index >= 15 is 0 Å². The lowest BCUT2D eigenvalue weighted by atomic mass is 10.2. The summed E-state index contributed by atoms with van der Waals surface area (Å²) in [6.45, 7) is 1.80. The highest BCUT2D eigenvalue weighted by molar-refractivity contribution is 6.31. The third-order valence-corrected chi connectivity index (χ3v) is 3.85. The molecule has 1 amide bonds. The maximum atomic E-state index is 13.0. The van der Waals surface area contributed by atoms with E-state index in [0.717, 1.165) is 5.56 Å². The van der Waals surface area contributed by atoms with Crippen LogP contribution in [0.2, 0.25) is 5.02 Å². The second kappa shape index (κ2) is 6.90. The third-order valence-electron chi connectivity index (χ3n) is 3.44. The highest BCUT2D eigenvalue weighted by Gasteiger charge is 2.18. The molecule has 0 unspecified atom stereocenters. The number of rotatable bonds is 4. The summed E-state index contributed by atoms with van der Waals surface area (Å²) in [7, 11) is 1.47. The third kappa shape index (κ3) is 3.61. The molecule has 25 heavy (non-hydrogen) atoms. The molecule has 0 aliphatic heterocycles. The van der Waals surface area contributed by atoms with Crippen LogP contribution in [-0.4, -0.2) is 23.2 Å². The minimum atomic E-state index is -0.596. The first-order chi connectivity index (χ1) is 12.0. The van der Waals surface area contributed by atoms with Gasteiger partial charge in [-0.2, -0.15) is 0 Å².